The number of fused-ring (bicyclic) bond motifs is 1. The Balaban J connectivity index is 3.08. The van der Waals surface area contributed by atoms with E-state index in [-0.39, 0.29) is 5.56 Å². The van der Waals surface area contributed by atoms with Gasteiger partial charge in [-0.2, -0.15) is 0 Å². The second-order valence-electron chi connectivity index (χ2n) is 3.24. The molecule has 14 heavy (non-hydrogen) atoms. The largest absolute Gasteiger partial charge is 0.310 e. The molecule has 1 N–H and O–H groups in total. The highest BCUT2D eigenvalue weighted by Gasteiger charge is 2.07. The van der Waals surface area contributed by atoms with Gasteiger partial charge in [-0.3, -0.25) is 4.79 Å². The van der Waals surface area contributed by atoms with Crippen LogP contribution in [0.15, 0.2) is 16.9 Å². The van der Waals surface area contributed by atoms with E-state index < -0.39 is 0 Å². The Hall–Kier alpha value is -1.35. The van der Waals surface area contributed by atoms with Crippen molar-refractivity contribution in [2.45, 2.75) is 13.8 Å². The minimum absolute atomic E-state index is 0.179. The lowest BCUT2D eigenvalue weighted by atomic mass is 10.1. The molecule has 1 aromatic carbocycles. The predicted molar refractivity (Wildman–Crippen MR) is 56.8 cm³/mol. The van der Waals surface area contributed by atoms with Crippen LogP contribution in [0.25, 0.3) is 10.9 Å². The Labute approximate surface area is 85.7 Å². The van der Waals surface area contributed by atoms with Gasteiger partial charge in [0.05, 0.1) is 15.9 Å². The Kier molecular flexibility index (Phi) is 2.04. The van der Waals surface area contributed by atoms with E-state index in [4.69, 9.17) is 11.6 Å². The van der Waals surface area contributed by atoms with Gasteiger partial charge < -0.3 is 4.98 Å². The molecule has 0 atom stereocenters. The lowest BCUT2D eigenvalue weighted by Gasteiger charge is -2.03. The smallest absolute Gasteiger partial charge is 0.260 e. The first-order valence-electron chi connectivity index (χ1n) is 4.25. The molecule has 0 fully saturated rings. The van der Waals surface area contributed by atoms with Crippen molar-refractivity contribution in [2.75, 3.05) is 0 Å². The quantitative estimate of drug-likeness (QED) is 0.722. The van der Waals surface area contributed by atoms with Crippen LogP contribution in [0.1, 0.15) is 11.4 Å². The topological polar surface area (TPSA) is 45.8 Å². The molecule has 3 nitrogen and oxygen atoms in total. The summed E-state index contributed by atoms with van der Waals surface area (Å²) in [6.07, 6.45) is 0. The van der Waals surface area contributed by atoms with E-state index in [2.05, 4.69) is 9.97 Å². The third-order valence-electron chi connectivity index (χ3n) is 2.13. The first-order chi connectivity index (χ1) is 6.59. The molecule has 0 spiro atoms. The van der Waals surface area contributed by atoms with Gasteiger partial charge in [0, 0.05) is 0 Å². The number of nitrogens with zero attached hydrogens (tertiary/aromatic N) is 1. The van der Waals surface area contributed by atoms with Gasteiger partial charge in [0.1, 0.15) is 5.82 Å². The molecule has 72 valence electrons. The van der Waals surface area contributed by atoms with E-state index in [1.165, 1.54) is 0 Å². The van der Waals surface area contributed by atoms with Gasteiger partial charge in [-0.05, 0) is 25.5 Å². The van der Waals surface area contributed by atoms with Crippen LogP contribution in [0.3, 0.4) is 0 Å². The van der Waals surface area contributed by atoms with Crippen molar-refractivity contribution in [2.24, 2.45) is 0 Å². The molecule has 0 unspecified atom stereocenters. The number of rotatable bonds is 0. The summed E-state index contributed by atoms with van der Waals surface area (Å²) < 4.78 is 0. The number of aromatic amines is 1. The van der Waals surface area contributed by atoms with Crippen LogP contribution in [0, 0.1) is 13.8 Å². The number of aryl methyl sites for hydroxylation is 2. The number of H-pyrrole nitrogens is 1. The molecule has 0 amide bonds. The zero-order valence-electron chi connectivity index (χ0n) is 7.89. The summed E-state index contributed by atoms with van der Waals surface area (Å²) in [5.74, 6) is 0.605. The molecular formula is C10H9ClN2O. The summed E-state index contributed by atoms with van der Waals surface area (Å²) in [5.41, 5.74) is 1.46. The van der Waals surface area contributed by atoms with Crippen molar-refractivity contribution in [3.63, 3.8) is 0 Å². The molecule has 0 saturated heterocycles. The summed E-state index contributed by atoms with van der Waals surface area (Å²) in [4.78, 5) is 18.5. The fourth-order valence-corrected chi connectivity index (χ4v) is 1.69. The highest BCUT2D eigenvalue weighted by atomic mass is 35.5. The normalized spacial score (nSPS) is 10.8. The average molecular weight is 209 g/mol. The minimum Gasteiger partial charge on any atom is -0.310 e. The summed E-state index contributed by atoms with van der Waals surface area (Å²) in [6.45, 7) is 3.66. The van der Waals surface area contributed by atoms with Gasteiger partial charge in [0.2, 0.25) is 0 Å². The molecule has 0 aliphatic rings. The zero-order valence-corrected chi connectivity index (χ0v) is 8.64. The van der Waals surface area contributed by atoms with Crippen molar-refractivity contribution < 1.29 is 0 Å². The molecular weight excluding hydrogens is 200 g/mol. The van der Waals surface area contributed by atoms with Gasteiger partial charge in [-0.15, -0.1) is 0 Å². The van der Waals surface area contributed by atoms with E-state index >= 15 is 0 Å². The number of aromatic nitrogens is 2. The lowest BCUT2D eigenvalue weighted by molar-refractivity contribution is 1.05. The maximum Gasteiger partial charge on any atom is 0.260 e. The molecule has 0 saturated carbocycles. The number of halogens is 1. The van der Waals surface area contributed by atoms with Crippen molar-refractivity contribution in [3.8, 4) is 0 Å². The Bertz CT molecular complexity index is 560. The molecule has 4 heteroatoms. The fourth-order valence-electron chi connectivity index (χ4n) is 1.45. The monoisotopic (exact) mass is 208 g/mol. The number of nitrogens with one attached hydrogen (secondary N) is 1. The maximum atomic E-state index is 11.6. The van der Waals surface area contributed by atoms with E-state index in [0.717, 1.165) is 5.56 Å². The summed E-state index contributed by atoms with van der Waals surface area (Å²) in [5, 5.41) is 0.914. The highest BCUT2D eigenvalue weighted by molar-refractivity contribution is 6.35. The van der Waals surface area contributed by atoms with Gasteiger partial charge in [-0.25, -0.2) is 4.98 Å². The maximum absolute atomic E-state index is 11.6. The van der Waals surface area contributed by atoms with Crippen molar-refractivity contribution >= 4 is 22.5 Å². The fraction of sp³-hybridized carbons (Fsp3) is 0.200. The van der Waals surface area contributed by atoms with Gasteiger partial charge in [0.15, 0.2) is 0 Å². The second kappa shape index (κ2) is 3.10. The van der Waals surface area contributed by atoms with Crippen LogP contribution in [-0.4, -0.2) is 9.97 Å². The van der Waals surface area contributed by atoms with Crippen molar-refractivity contribution in [1.29, 1.82) is 0 Å². The van der Waals surface area contributed by atoms with Gasteiger partial charge in [-0.1, -0.05) is 17.7 Å². The second-order valence-corrected chi connectivity index (χ2v) is 3.65. The Morgan fingerprint density at radius 2 is 2.07 bits per heavy atom. The van der Waals surface area contributed by atoms with Crippen LogP contribution in [0.2, 0.25) is 5.02 Å². The van der Waals surface area contributed by atoms with Crippen LogP contribution in [0.4, 0.5) is 0 Å². The van der Waals surface area contributed by atoms with Crippen LogP contribution < -0.4 is 5.56 Å². The summed E-state index contributed by atoms with van der Waals surface area (Å²) in [6, 6.07) is 3.57. The zero-order chi connectivity index (χ0) is 10.3. The average Bonchev–Trinajstić information content (AvgIpc) is 2.10. The van der Waals surface area contributed by atoms with E-state index in [1.807, 2.05) is 13.0 Å². The highest BCUT2D eigenvalue weighted by Crippen LogP contribution is 2.21. The van der Waals surface area contributed by atoms with Crippen molar-refractivity contribution in [1.82, 2.24) is 9.97 Å². The molecule has 0 radical (unpaired) electrons. The predicted octanol–water partition coefficient (Wildman–Crippen LogP) is 2.19. The number of hydrogen-bond donors (Lipinski definition) is 1. The minimum atomic E-state index is -0.179. The number of hydrogen-bond acceptors (Lipinski definition) is 2. The Morgan fingerprint density at radius 1 is 1.36 bits per heavy atom. The summed E-state index contributed by atoms with van der Waals surface area (Å²) in [7, 11) is 0. The van der Waals surface area contributed by atoms with Gasteiger partial charge >= 0.3 is 0 Å². The molecule has 1 aromatic heterocycles. The van der Waals surface area contributed by atoms with E-state index in [1.54, 1.807) is 13.0 Å². The summed E-state index contributed by atoms with van der Waals surface area (Å²) >= 11 is 5.93. The molecule has 0 aliphatic heterocycles. The third-order valence-corrected chi connectivity index (χ3v) is 2.44. The SMILES string of the molecule is Cc1nc2c(C)ccc(Cl)c2c(=O)[nH]1. The van der Waals surface area contributed by atoms with Gasteiger partial charge in [0.25, 0.3) is 5.56 Å². The molecule has 0 bridgehead atoms. The number of benzene rings is 1. The molecule has 0 aliphatic carbocycles. The molecule has 2 aromatic rings. The van der Waals surface area contributed by atoms with Crippen molar-refractivity contribution in [3.05, 3.63) is 38.9 Å². The lowest BCUT2D eigenvalue weighted by Crippen LogP contribution is -2.10. The van der Waals surface area contributed by atoms with E-state index in [0.29, 0.717) is 21.7 Å². The first kappa shape index (κ1) is 9.21. The third kappa shape index (κ3) is 1.30. The first-order valence-corrected chi connectivity index (χ1v) is 4.63. The standard InChI is InChI=1S/C10H9ClN2O/c1-5-3-4-7(11)8-9(5)12-6(2)13-10(8)14/h3-4H,1-2H3,(H,12,13,14). The molecule has 2 rings (SSSR count). The van der Waals surface area contributed by atoms with Crippen LogP contribution >= 0.6 is 11.6 Å². The molecule has 1 heterocycles. The Morgan fingerprint density at radius 3 is 2.79 bits per heavy atom. The van der Waals surface area contributed by atoms with Crippen LogP contribution in [-0.2, 0) is 0 Å². The van der Waals surface area contributed by atoms with Crippen LogP contribution in [0.5, 0.6) is 0 Å². The van der Waals surface area contributed by atoms with E-state index in [9.17, 15) is 4.79 Å².